The number of hydrogen-bond acceptors (Lipinski definition) is 4. The number of thioether (sulfide) groups is 1. The molecule has 0 spiro atoms. The summed E-state index contributed by atoms with van der Waals surface area (Å²) in [5.74, 6) is 0.136. The van der Waals surface area contributed by atoms with E-state index in [4.69, 9.17) is 0 Å². The molecule has 0 radical (unpaired) electrons. The third kappa shape index (κ3) is 5.04. The minimum absolute atomic E-state index is 0.0878. The predicted octanol–water partition coefficient (Wildman–Crippen LogP) is 2.05. The summed E-state index contributed by atoms with van der Waals surface area (Å²) in [5.41, 5.74) is 2.79. The van der Waals surface area contributed by atoms with Crippen LogP contribution in [0.15, 0.2) is 40.3 Å². The quantitative estimate of drug-likeness (QED) is 0.631. The molecular weight excluding hydrogens is 298 g/mol. The minimum Gasteiger partial charge on any atom is -0.351 e. The van der Waals surface area contributed by atoms with Crippen molar-refractivity contribution in [1.29, 1.82) is 0 Å². The van der Waals surface area contributed by atoms with Crippen LogP contribution in [0.25, 0.3) is 0 Å². The smallest absolute Gasteiger partial charge is 0.251 e. The highest BCUT2D eigenvalue weighted by atomic mass is 32.2. The van der Waals surface area contributed by atoms with Crippen molar-refractivity contribution in [3.63, 3.8) is 0 Å². The van der Waals surface area contributed by atoms with Crippen molar-refractivity contribution in [2.45, 2.75) is 32.0 Å². The first-order chi connectivity index (χ1) is 10.6. The fourth-order valence-corrected chi connectivity index (χ4v) is 2.55. The van der Waals surface area contributed by atoms with Crippen molar-refractivity contribution in [3.05, 3.63) is 57.5 Å². The molecule has 0 aliphatic rings. The van der Waals surface area contributed by atoms with Crippen LogP contribution >= 0.6 is 11.8 Å². The van der Waals surface area contributed by atoms with Crippen molar-refractivity contribution in [3.8, 4) is 0 Å². The number of nitrogens with one attached hydrogen (secondary N) is 2. The van der Waals surface area contributed by atoms with Gasteiger partial charge in [0.15, 0.2) is 5.16 Å². The monoisotopic (exact) mass is 317 g/mol. The van der Waals surface area contributed by atoms with Gasteiger partial charge in [0.05, 0.1) is 5.75 Å². The first-order valence-electron chi connectivity index (χ1n) is 7.12. The summed E-state index contributed by atoms with van der Waals surface area (Å²) in [6, 6.07) is 9.49. The molecule has 5 nitrogen and oxygen atoms in total. The predicted molar refractivity (Wildman–Crippen MR) is 88.0 cm³/mol. The number of aromatic nitrogens is 2. The van der Waals surface area contributed by atoms with Gasteiger partial charge in [0.2, 0.25) is 5.91 Å². The van der Waals surface area contributed by atoms with Crippen molar-refractivity contribution < 1.29 is 4.79 Å². The molecule has 0 aliphatic carbocycles. The van der Waals surface area contributed by atoms with Crippen molar-refractivity contribution in [2.75, 3.05) is 5.75 Å². The molecular formula is C16H19N3O2S. The third-order valence-electron chi connectivity index (χ3n) is 3.09. The largest absolute Gasteiger partial charge is 0.351 e. The fraction of sp³-hybridized carbons (Fsp3) is 0.312. The minimum atomic E-state index is -0.186. The molecule has 1 heterocycles. The molecule has 116 valence electrons. The van der Waals surface area contributed by atoms with Gasteiger partial charge in [-0.05, 0) is 18.9 Å². The van der Waals surface area contributed by atoms with E-state index in [2.05, 4.69) is 15.3 Å². The number of hydrogen-bond donors (Lipinski definition) is 2. The normalized spacial score (nSPS) is 10.5. The fourth-order valence-electron chi connectivity index (χ4n) is 1.82. The van der Waals surface area contributed by atoms with Crippen LogP contribution < -0.4 is 10.9 Å². The highest BCUT2D eigenvalue weighted by Gasteiger charge is 2.06. The van der Waals surface area contributed by atoms with E-state index in [1.54, 1.807) is 0 Å². The molecule has 1 aromatic carbocycles. The lowest BCUT2D eigenvalue weighted by Gasteiger charge is -2.06. The van der Waals surface area contributed by atoms with Crippen LogP contribution in [0.4, 0.5) is 0 Å². The summed E-state index contributed by atoms with van der Waals surface area (Å²) in [4.78, 5) is 30.2. The van der Waals surface area contributed by atoms with Crippen LogP contribution in [-0.4, -0.2) is 21.6 Å². The Bertz CT molecular complexity index is 695. The summed E-state index contributed by atoms with van der Waals surface area (Å²) < 4.78 is 0. The van der Waals surface area contributed by atoms with Crippen LogP contribution in [0.1, 0.15) is 23.7 Å². The molecule has 2 N–H and O–H groups in total. The molecule has 0 unspecified atom stereocenters. The molecule has 2 aromatic rings. The van der Waals surface area contributed by atoms with Gasteiger partial charge >= 0.3 is 0 Å². The van der Waals surface area contributed by atoms with Gasteiger partial charge in [0.1, 0.15) is 0 Å². The number of amides is 1. The van der Waals surface area contributed by atoms with Gasteiger partial charge in [-0.1, -0.05) is 48.5 Å². The highest BCUT2D eigenvalue weighted by molar-refractivity contribution is 7.99. The van der Waals surface area contributed by atoms with Crippen LogP contribution in [0.3, 0.4) is 0 Å². The van der Waals surface area contributed by atoms with Crippen LogP contribution in [0.2, 0.25) is 0 Å². The molecule has 22 heavy (non-hydrogen) atoms. The molecule has 1 aromatic heterocycles. The SMILES string of the molecule is CCc1cc(=O)[nH]c(SCC(=O)NCc2ccc(C)cc2)n1. The summed E-state index contributed by atoms with van der Waals surface area (Å²) in [5, 5.41) is 3.33. The first-order valence-corrected chi connectivity index (χ1v) is 8.10. The van der Waals surface area contributed by atoms with Crippen molar-refractivity contribution >= 4 is 17.7 Å². The maximum Gasteiger partial charge on any atom is 0.251 e. The Balaban J connectivity index is 1.84. The van der Waals surface area contributed by atoms with Gasteiger partial charge in [-0.3, -0.25) is 9.59 Å². The molecule has 2 rings (SSSR count). The molecule has 0 saturated carbocycles. The van der Waals surface area contributed by atoms with E-state index < -0.39 is 0 Å². The second-order valence-electron chi connectivity index (χ2n) is 4.95. The van der Waals surface area contributed by atoms with E-state index in [1.807, 2.05) is 38.1 Å². The van der Waals surface area contributed by atoms with Crippen LogP contribution in [-0.2, 0) is 17.8 Å². The Morgan fingerprint density at radius 2 is 2.05 bits per heavy atom. The van der Waals surface area contributed by atoms with Crippen LogP contribution in [0.5, 0.6) is 0 Å². The number of carbonyl (C=O) groups excluding carboxylic acids is 1. The maximum atomic E-state index is 11.8. The second-order valence-corrected chi connectivity index (χ2v) is 5.91. The second kappa shape index (κ2) is 7.79. The number of benzene rings is 1. The van der Waals surface area contributed by atoms with Gasteiger partial charge < -0.3 is 10.3 Å². The molecule has 0 bridgehead atoms. The van der Waals surface area contributed by atoms with E-state index in [0.717, 1.165) is 11.3 Å². The molecule has 0 fully saturated rings. The first kappa shape index (κ1) is 16.3. The zero-order valence-corrected chi connectivity index (χ0v) is 13.5. The van der Waals surface area contributed by atoms with Gasteiger partial charge in [-0.2, -0.15) is 0 Å². The lowest BCUT2D eigenvalue weighted by atomic mass is 10.1. The number of aromatic amines is 1. The van der Waals surface area contributed by atoms with Gasteiger partial charge in [0.25, 0.3) is 5.56 Å². The molecule has 6 heteroatoms. The van der Waals surface area contributed by atoms with Crippen molar-refractivity contribution in [1.82, 2.24) is 15.3 Å². The average Bonchev–Trinajstić information content (AvgIpc) is 2.52. The lowest BCUT2D eigenvalue weighted by Crippen LogP contribution is -2.24. The zero-order valence-electron chi connectivity index (χ0n) is 12.7. The molecule has 1 amide bonds. The lowest BCUT2D eigenvalue weighted by molar-refractivity contribution is -0.118. The van der Waals surface area contributed by atoms with E-state index >= 15 is 0 Å². The summed E-state index contributed by atoms with van der Waals surface area (Å²) in [7, 11) is 0. The van der Waals surface area contributed by atoms with Gasteiger partial charge in [-0.25, -0.2) is 4.98 Å². The van der Waals surface area contributed by atoms with Crippen molar-refractivity contribution in [2.24, 2.45) is 0 Å². The molecule has 0 saturated heterocycles. The Labute approximate surface area is 133 Å². The summed E-state index contributed by atoms with van der Waals surface area (Å²) in [6.07, 6.45) is 0.692. The third-order valence-corrected chi connectivity index (χ3v) is 3.96. The topological polar surface area (TPSA) is 74.8 Å². The average molecular weight is 317 g/mol. The van der Waals surface area contributed by atoms with E-state index in [1.165, 1.54) is 23.4 Å². The Morgan fingerprint density at radius 1 is 1.32 bits per heavy atom. The number of H-pyrrole nitrogens is 1. The Morgan fingerprint density at radius 3 is 2.73 bits per heavy atom. The maximum absolute atomic E-state index is 11.8. The number of carbonyl (C=O) groups is 1. The standard InChI is InChI=1S/C16H19N3O2S/c1-3-13-8-14(20)19-16(18-13)22-10-15(21)17-9-12-6-4-11(2)5-7-12/h4-8H,3,9-10H2,1-2H3,(H,17,21)(H,18,19,20). The van der Waals surface area contributed by atoms with Crippen LogP contribution in [0, 0.1) is 6.92 Å². The number of aryl methyl sites for hydroxylation is 2. The zero-order chi connectivity index (χ0) is 15.9. The van der Waals surface area contributed by atoms with E-state index in [0.29, 0.717) is 18.1 Å². The Hall–Kier alpha value is -2.08. The Kier molecular flexibility index (Phi) is 5.77. The van der Waals surface area contributed by atoms with Gasteiger partial charge in [0, 0.05) is 18.3 Å². The van der Waals surface area contributed by atoms with E-state index in [-0.39, 0.29) is 17.2 Å². The summed E-state index contributed by atoms with van der Waals surface area (Å²) in [6.45, 7) is 4.46. The highest BCUT2D eigenvalue weighted by Crippen LogP contribution is 2.11. The molecule has 0 aliphatic heterocycles. The molecule has 0 atom stereocenters. The van der Waals surface area contributed by atoms with Gasteiger partial charge in [-0.15, -0.1) is 0 Å². The summed E-state index contributed by atoms with van der Waals surface area (Å²) >= 11 is 1.23. The van der Waals surface area contributed by atoms with E-state index in [9.17, 15) is 9.59 Å². The number of nitrogens with zero attached hydrogens (tertiary/aromatic N) is 1. The number of rotatable bonds is 6.